The van der Waals surface area contributed by atoms with Crippen molar-refractivity contribution in [1.29, 1.82) is 0 Å². The van der Waals surface area contributed by atoms with E-state index in [1.54, 1.807) is 0 Å². The molecular weight excluding hydrogens is 958 g/mol. The van der Waals surface area contributed by atoms with E-state index in [9.17, 15) is 69.1 Å². The third kappa shape index (κ3) is 14.1. The van der Waals surface area contributed by atoms with E-state index in [4.69, 9.17) is 0 Å². The van der Waals surface area contributed by atoms with Crippen molar-refractivity contribution in [3.8, 4) is 0 Å². The minimum atomic E-state index is -6.77. The molecule has 4 rings (SSSR count). The van der Waals surface area contributed by atoms with Gasteiger partial charge in [0.15, 0.2) is 0 Å². The fourth-order valence-electron chi connectivity index (χ4n) is 2.48. The van der Waals surface area contributed by atoms with Crippen LogP contribution in [0.3, 0.4) is 0 Å². The van der Waals surface area contributed by atoms with Crippen LogP contribution in [0.5, 0.6) is 0 Å². The van der Waals surface area contributed by atoms with Crippen LogP contribution >= 0.6 is 68.8 Å². The Morgan fingerprint density at radius 3 is 0.327 bits per heavy atom. The zero-order chi connectivity index (χ0) is 38.8. The van der Waals surface area contributed by atoms with Gasteiger partial charge in [-0.05, 0) is 0 Å². The van der Waals surface area contributed by atoms with Crippen molar-refractivity contribution >= 4 is 126 Å². The molecule has 8 bridgehead atoms. The Kier molecular flexibility index (Phi) is 14.1. The predicted molar refractivity (Wildman–Crippen MR) is 141 cm³/mol. The van der Waals surface area contributed by atoms with Crippen LogP contribution in [0, 0.1) is 0 Å². The van der Waals surface area contributed by atoms with Crippen LogP contribution in [0.1, 0.15) is 0 Å². The van der Waals surface area contributed by atoms with Crippen molar-refractivity contribution in [2.75, 3.05) is 0 Å². The maximum absolute atomic E-state index is 14.9. The molecule has 0 N–H and O–H groups in total. The monoisotopic (exact) mass is 960 g/mol. The molecule has 0 aliphatic carbocycles. The number of fused-ring (bicyclic) bond motifs is 8. The van der Waals surface area contributed by atoms with Crippen molar-refractivity contribution in [2.24, 2.45) is 0 Å². The van der Waals surface area contributed by atoms with Crippen LogP contribution in [-0.4, -0.2) is 56.8 Å². The summed E-state index contributed by atoms with van der Waals surface area (Å²) in [6.07, 6.45) is 0. The standard InChI is InChI=1S/B8F16O20P8/c9-1(10)25-45-27-2(11,12)29-49-37-7(21,22)38-50-30-3(13,14)28-46(26-1)42-48-32-4(15,16)31-47(41-45)33-5(17,18)35-51(43-49)39-8(23,24)40-52(44-50)36-6(19,20)34-48/q-8. The third-order valence-corrected chi connectivity index (χ3v) is 14.8. The molecule has 0 unspecified atom stereocenters. The SMILES string of the molecule is F[B-]1(F)OP2OP3O[B-](F)(F)OP4OP(O1)O[B-](F)(F)OP1OP(O[B-](F)(F)O4)O[B-](F)(F)OP(OP(O[B-](F)(F)O2)O[B-](F)(F)O1)O[B-](F)(F)O3. The first-order chi connectivity index (χ1) is 23.5. The van der Waals surface area contributed by atoms with Gasteiger partial charge in [-0.1, -0.05) is 0 Å². The lowest BCUT2D eigenvalue weighted by atomic mass is 10.2. The normalized spacial score (nSPS) is 41.5. The topological polar surface area (TPSA) is 185 Å². The molecule has 0 aromatic carbocycles. The predicted octanol–water partition coefficient (Wildman–Crippen LogP) is 9.20. The second kappa shape index (κ2) is 16.2. The molecule has 4 aliphatic rings. The second-order valence-corrected chi connectivity index (χ2v) is 17.6. The van der Waals surface area contributed by atoms with Gasteiger partial charge in [0.1, 0.15) is 0 Å². The lowest BCUT2D eigenvalue weighted by Crippen LogP contribution is -2.41. The van der Waals surface area contributed by atoms with E-state index < -0.39 is 126 Å². The van der Waals surface area contributed by atoms with Gasteiger partial charge < -0.3 is 140 Å². The average molecular weight is 958 g/mol. The molecule has 0 amide bonds. The second-order valence-electron chi connectivity index (χ2n) is 8.08. The number of halogens is 16. The van der Waals surface area contributed by atoms with Crippen molar-refractivity contribution in [2.45, 2.75) is 0 Å². The molecule has 20 nitrogen and oxygen atoms in total. The quantitative estimate of drug-likeness (QED) is 0.127. The van der Waals surface area contributed by atoms with E-state index in [-0.39, 0.29) is 0 Å². The highest BCUT2D eigenvalue weighted by atomic mass is 31.2. The fourth-order valence-corrected chi connectivity index (χ4v) is 11.5. The highest BCUT2D eigenvalue weighted by Crippen LogP contribution is 2.72. The van der Waals surface area contributed by atoms with E-state index in [2.05, 4.69) is 88.3 Å². The lowest BCUT2D eigenvalue weighted by molar-refractivity contribution is 0.129. The van der Waals surface area contributed by atoms with Crippen LogP contribution in [-0.2, 0) is 88.3 Å². The summed E-state index contributed by atoms with van der Waals surface area (Å²) < 4.78 is 310. The molecule has 0 aromatic rings. The maximum atomic E-state index is 14.9. The highest BCUT2D eigenvalue weighted by molar-refractivity contribution is 7.63. The Morgan fingerprint density at radius 1 is 0.173 bits per heavy atom. The number of hydrogen-bond acceptors (Lipinski definition) is 20. The summed E-state index contributed by atoms with van der Waals surface area (Å²) in [4.78, 5) is 0. The Balaban J connectivity index is 1.79. The molecule has 4 aliphatic heterocycles. The molecule has 304 valence electrons. The van der Waals surface area contributed by atoms with Crippen LogP contribution in [0.4, 0.5) is 69.1 Å². The van der Waals surface area contributed by atoms with Gasteiger partial charge in [-0.15, -0.1) is 0 Å². The van der Waals surface area contributed by atoms with Crippen LogP contribution < -0.4 is 0 Å². The highest BCUT2D eigenvalue weighted by Gasteiger charge is 2.55. The molecule has 4 heterocycles. The minimum absolute atomic E-state index is 3.53. The lowest BCUT2D eigenvalue weighted by Gasteiger charge is -2.47. The largest absolute Gasteiger partial charge is 0.613 e. The van der Waals surface area contributed by atoms with Crippen molar-refractivity contribution < 1.29 is 157 Å². The number of rotatable bonds is 0. The Labute approximate surface area is 283 Å². The van der Waals surface area contributed by atoms with Gasteiger partial charge in [-0.25, -0.2) is 17.2 Å². The smallest absolute Gasteiger partial charge is 0.448 e. The first-order valence-electron chi connectivity index (χ1n) is 11.6. The van der Waals surface area contributed by atoms with Gasteiger partial charge in [-0.3, -0.25) is 0 Å². The average Bonchev–Trinajstić information content (AvgIpc) is 2.80. The van der Waals surface area contributed by atoms with Crippen LogP contribution in [0.15, 0.2) is 0 Å². The van der Waals surface area contributed by atoms with Crippen molar-refractivity contribution in [3.63, 3.8) is 0 Å². The molecule has 0 saturated carbocycles. The van der Waals surface area contributed by atoms with E-state index in [1.165, 1.54) is 0 Å². The molecule has 0 radical (unpaired) electrons. The zero-order valence-corrected chi connectivity index (χ0v) is 29.6. The zero-order valence-electron chi connectivity index (χ0n) is 22.4. The molecule has 52 heteroatoms. The summed E-state index contributed by atoms with van der Waals surface area (Å²) in [7, 11) is -95.5. The van der Waals surface area contributed by atoms with Gasteiger partial charge in [-0.2, -0.15) is 0 Å². The summed E-state index contributed by atoms with van der Waals surface area (Å²) in [5.41, 5.74) is 0. The Hall–Kier alpha value is 2.04. The fraction of sp³-hybridized carbons (Fsp3) is 0. The summed E-state index contributed by atoms with van der Waals surface area (Å²) in [5, 5.41) is 0. The molecule has 0 atom stereocenters. The van der Waals surface area contributed by atoms with Crippen LogP contribution in [0.25, 0.3) is 0 Å². The minimum Gasteiger partial charge on any atom is -0.448 e. The Bertz CT molecular complexity index is 930. The van der Waals surface area contributed by atoms with E-state index in [0.717, 1.165) is 0 Å². The first kappa shape index (κ1) is 45.1. The molecule has 52 heavy (non-hydrogen) atoms. The summed E-state index contributed by atoms with van der Waals surface area (Å²) in [6, 6.07) is 0. The van der Waals surface area contributed by atoms with Crippen LogP contribution in [0.2, 0.25) is 0 Å². The molecule has 4 saturated heterocycles. The maximum Gasteiger partial charge on any atom is 0.613 e. The van der Waals surface area contributed by atoms with Gasteiger partial charge in [0.2, 0.25) is 0 Å². The Morgan fingerprint density at radius 2 is 0.250 bits per heavy atom. The van der Waals surface area contributed by atoms with E-state index in [1.807, 2.05) is 0 Å². The van der Waals surface area contributed by atoms with Gasteiger partial charge in [0.25, 0.3) is 68.8 Å². The summed E-state index contributed by atoms with van der Waals surface area (Å²) >= 11 is 0. The van der Waals surface area contributed by atoms with Crippen molar-refractivity contribution in [3.05, 3.63) is 0 Å². The van der Waals surface area contributed by atoms with Crippen molar-refractivity contribution in [1.82, 2.24) is 0 Å². The number of hydrogen-bond donors (Lipinski definition) is 0. The van der Waals surface area contributed by atoms with Gasteiger partial charge in [0.05, 0.1) is 0 Å². The molecule has 4 fully saturated rings. The van der Waals surface area contributed by atoms with Gasteiger partial charge >= 0.3 is 56.8 Å². The summed E-state index contributed by atoms with van der Waals surface area (Å²) in [5.74, 6) is 0. The summed E-state index contributed by atoms with van der Waals surface area (Å²) in [6.45, 7) is 0. The third-order valence-electron chi connectivity index (χ3n) is 3.87. The first-order valence-corrected chi connectivity index (χ1v) is 20.4. The molecular formula is B8F16O20P8-8. The van der Waals surface area contributed by atoms with E-state index >= 15 is 0 Å². The molecule has 0 aromatic heterocycles. The molecule has 0 spiro atoms. The van der Waals surface area contributed by atoms with E-state index in [0.29, 0.717) is 0 Å². The van der Waals surface area contributed by atoms with Gasteiger partial charge in [0, 0.05) is 0 Å².